The van der Waals surface area contributed by atoms with E-state index in [9.17, 15) is 18.3 Å². The van der Waals surface area contributed by atoms with Crippen molar-refractivity contribution in [2.45, 2.75) is 44.8 Å². The second kappa shape index (κ2) is 6.52. The van der Waals surface area contributed by atoms with E-state index in [0.717, 1.165) is 6.07 Å². The zero-order chi connectivity index (χ0) is 17.3. The molecule has 8 heteroatoms. The van der Waals surface area contributed by atoms with Crippen molar-refractivity contribution >= 4 is 0 Å². The van der Waals surface area contributed by atoms with Crippen LogP contribution in [0.5, 0.6) is 0 Å². The van der Waals surface area contributed by atoms with E-state index in [-0.39, 0.29) is 12.0 Å². The van der Waals surface area contributed by atoms with Crippen LogP contribution in [0.25, 0.3) is 0 Å². The molecule has 0 unspecified atom stereocenters. The lowest BCUT2D eigenvalue weighted by atomic mass is 9.97. The van der Waals surface area contributed by atoms with Crippen molar-refractivity contribution in [3.63, 3.8) is 0 Å². The highest BCUT2D eigenvalue weighted by atomic mass is 19.4. The van der Waals surface area contributed by atoms with Crippen LogP contribution in [-0.2, 0) is 19.3 Å². The van der Waals surface area contributed by atoms with Crippen molar-refractivity contribution in [3.05, 3.63) is 47.5 Å². The number of aliphatic hydroxyl groups is 1. The van der Waals surface area contributed by atoms with E-state index in [1.165, 1.54) is 18.5 Å². The Morgan fingerprint density at radius 1 is 1.29 bits per heavy atom. The van der Waals surface area contributed by atoms with E-state index in [1.807, 2.05) is 11.8 Å². The van der Waals surface area contributed by atoms with E-state index in [0.29, 0.717) is 25.5 Å². The fourth-order valence-corrected chi connectivity index (χ4v) is 3.28. The monoisotopic (exact) mass is 340 g/mol. The van der Waals surface area contributed by atoms with Crippen LogP contribution in [0.3, 0.4) is 0 Å². The molecule has 0 spiro atoms. The molecular weight excluding hydrogens is 321 g/mol. The Morgan fingerprint density at radius 2 is 2.04 bits per heavy atom. The summed E-state index contributed by atoms with van der Waals surface area (Å²) in [5.41, 5.74) is -0.449. The molecule has 0 saturated carbocycles. The number of hydrogen-bond acceptors (Lipinski definition) is 4. The Bertz CT molecular complexity index is 701. The maximum Gasteiger partial charge on any atom is 0.416 e. The number of alkyl halides is 3. The van der Waals surface area contributed by atoms with Crippen molar-refractivity contribution in [1.82, 2.24) is 19.7 Å². The molecule has 0 aliphatic carbocycles. The van der Waals surface area contributed by atoms with Gasteiger partial charge in [-0.1, -0.05) is 18.2 Å². The first-order valence-electron chi connectivity index (χ1n) is 7.85. The molecule has 130 valence electrons. The number of benzene rings is 1. The van der Waals surface area contributed by atoms with Gasteiger partial charge in [-0.25, -0.2) is 9.67 Å². The molecule has 3 rings (SSSR count). The van der Waals surface area contributed by atoms with Crippen LogP contribution in [0.2, 0.25) is 0 Å². The summed E-state index contributed by atoms with van der Waals surface area (Å²) in [5.74, 6) is 0.682. The molecule has 2 heterocycles. The summed E-state index contributed by atoms with van der Waals surface area (Å²) in [7, 11) is 0. The molecule has 0 radical (unpaired) electrons. The zero-order valence-electron chi connectivity index (χ0n) is 13.2. The lowest BCUT2D eigenvalue weighted by molar-refractivity contribution is -0.138. The first-order valence-corrected chi connectivity index (χ1v) is 7.85. The minimum absolute atomic E-state index is 0.198. The van der Waals surface area contributed by atoms with Gasteiger partial charge in [-0.15, -0.1) is 0 Å². The van der Waals surface area contributed by atoms with Crippen LogP contribution < -0.4 is 0 Å². The van der Waals surface area contributed by atoms with E-state index >= 15 is 0 Å². The predicted molar refractivity (Wildman–Crippen MR) is 80.9 cm³/mol. The van der Waals surface area contributed by atoms with Gasteiger partial charge in [0.2, 0.25) is 0 Å². The fourth-order valence-electron chi connectivity index (χ4n) is 3.28. The quantitative estimate of drug-likeness (QED) is 0.930. The third kappa shape index (κ3) is 3.29. The van der Waals surface area contributed by atoms with Crippen LogP contribution in [0.15, 0.2) is 30.6 Å². The Balaban J connectivity index is 1.92. The van der Waals surface area contributed by atoms with Gasteiger partial charge in [-0.3, -0.25) is 4.90 Å². The second-order valence-electron chi connectivity index (χ2n) is 5.91. The van der Waals surface area contributed by atoms with Crippen LogP contribution in [-0.4, -0.2) is 37.4 Å². The molecule has 1 fully saturated rings. The average Bonchev–Trinajstić information content (AvgIpc) is 3.13. The third-order valence-electron chi connectivity index (χ3n) is 4.35. The van der Waals surface area contributed by atoms with Gasteiger partial charge in [-0.05, 0) is 25.0 Å². The number of nitrogens with zero attached hydrogens (tertiary/aromatic N) is 4. The number of β-amino-alcohol motifs (C(OH)–C–C–N with tert-alkyl or cyclic N) is 1. The highest BCUT2D eigenvalue weighted by Crippen LogP contribution is 2.40. The average molecular weight is 340 g/mol. The van der Waals surface area contributed by atoms with E-state index in [2.05, 4.69) is 10.1 Å². The van der Waals surface area contributed by atoms with Gasteiger partial charge >= 0.3 is 6.18 Å². The summed E-state index contributed by atoms with van der Waals surface area (Å²) in [6.45, 7) is 3.22. The van der Waals surface area contributed by atoms with Crippen molar-refractivity contribution in [2.24, 2.45) is 0 Å². The SMILES string of the molecule is CCn1ncnc1CN1C[C@@H](O)C[C@@H]1c1ccccc1C(F)(F)F. The first kappa shape index (κ1) is 16.9. The molecule has 1 aliphatic heterocycles. The normalized spacial score (nSPS) is 22.2. The minimum atomic E-state index is -4.42. The maximum absolute atomic E-state index is 13.3. The van der Waals surface area contributed by atoms with Crippen LogP contribution in [0.1, 0.15) is 36.3 Å². The standard InChI is InChI=1S/C16H19F3N4O/c1-2-23-15(20-10-21-23)9-22-8-11(24)7-14(22)12-5-3-4-6-13(12)16(17,18)19/h3-6,10-11,14,24H,2,7-9H2,1H3/t11-,14+/m0/s1. The van der Waals surface area contributed by atoms with Gasteiger partial charge in [0, 0.05) is 19.1 Å². The number of halogens is 3. The molecule has 0 amide bonds. The second-order valence-corrected chi connectivity index (χ2v) is 5.91. The highest BCUT2D eigenvalue weighted by molar-refractivity contribution is 5.33. The Labute approximate surface area is 137 Å². The molecule has 0 bridgehead atoms. The van der Waals surface area contributed by atoms with Gasteiger partial charge < -0.3 is 5.11 Å². The van der Waals surface area contributed by atoms with Crippen LogP contribution in [0, 0.1) is 0 Å². The largest absolute Gasteiger partial charge is 0.416 e. The summed E-state index contributed by atoms with van der Waals surface area (Å²) in [6, 6.07) is 5.06. The Kier molecular flexibility index (Phi) is 4.60. The number of aromatic nitrogens is 3. The van der Waals surface area contributed by atoms with Crippen molar-refractivity contribution in [2.75, 3.05) is 6.54 Å². The highest BCUT2D eigenvalue weighted by Gasteiger charge is 2.40. The smallest absolute Gasteiger partial charge is 0.392 e. The molecule has 1 aromatic heterocycles. The molecule has 1 aromatic carbocycles. The molecule has 5 nitrogen and oxygen atoms in total. The number of rotatable bonds is 4. The molecule has 1 N–H and O–H groups in total. The molecule has 24 heavy (non-hydrogen) atoms. The summed E-state index contributed by atoms with van der Waals surface area (Å²) in [4.78, 5) is 6.02. The molecular formula is C16H19F3N4O. The van der Waals surface area contributed by atoms with Crippen molar-refractivity contribution < 1.29 is 18.3 Å². The van der Waals surface area contributed by atoms with Gasteiger partial charge in [0.05, 0.1) is 18.2 Å². The van der Waals surface area contributed by atoms with Crippen molar-refractivity contribution in [3.8, 4) is 0 Å². The lowest BCUT2D eigenvalue weighted by Gasteiger charge is -2.26. The molecule has 1 saturated heterocycles. The van der Waals surface area contributed by atoms with Gasteiger partial charge in [0.25, 0.3) is 0 Å². The maximum atomic E-state index is 13.3. The molecule has 2 atom stereocenters. The number of likely N-dealkylation sites (tertiary alicyclic amines) is 1. The summed E-state index contributed by atoms with van der Waals surface area (Å²) < 4.78 is 41.6. The van der Waals surface area contributed by atoms with Gasteiger partial charge in [-0.2, -0.15) is 18.3 Å². The molecule has 1 aliphatic rings. The van der Waals surface area contributed by atoms with Crippen LogP contribution >= 0.6 is 0 Å². The van der Waals surface area contributed by atoms with Crippen LogP contribution in [0.4, 0.5) is 13.2 Å². The Morgan fingerprint density at radius 3 is 2.75 bits per heavy atom. The third-order valence-corrected chi connectivity index (χ3v) is 4.35. The molecule has 2 aromatic rings. The number of hydrogen-bond donors (Lipinski definition) is 1. The van der Waals surface area contributed by atoms with Gasteiger partial charge in [0.1, 0.15) is 12.2 Å². The summed E-state index contributed by atoms with van der Waals surface area (Å²) in [6.07, 6.45) is -3.37. The topological polar surface area (TPSA) is 54.2 Å². The first-order chi connectivity index (χ1) is 11.4. The number of aliphatic hydroxyl groups excluding tert-OH is 1. The van der Waals surface area contributed by atoms with Gasteiger partial charge in [0.15, 0.2) is 0 Å². The summed E-state index contributed by atoms with van der Waals surface area (Å²) in [5, 5.41) is 14.1. The zero-order valence-corrected chi connectivity index (χ0v) is 13.2. The predicted octanol–water partition coefficient (Wildman–Crippen LogP) is 2.62. The summed E-state index contributed by atoms with van der Waals surface area (Å²) >= 11 is 0. The van der Waals surface area contributed by atoms with E-state index in [4.69, 9.17) is 0 Å². The minimum Gasteiger partial charge on any atom is -0.392 e. The van der Waals surface area contributed by atoms with E-state index < -0.39 is 23.9 Å². The number of aryl methyl sites for hydroxylation is 1. The lowest BCUT2D eigenvalue weighted by Crippen LogP contribution is -2.27. The Hall–Kier alpha value is -1.93. The van der Waals surface area contributed by atoms with Crippen molar-refractivity contribution in [1.29, 1.82) is 0 Å². The van der Waals surface area contributed by atoms with E-state index in [1.54, 1.807) is 10.7 Å². The fraction of sp³-hybridized carbons (Fsp3) is 0.500.